The van der Waals surface area contributed by atoms with Crippen molar-refractivity contribution in [1.29, 1.82) is 0 Å². The molecule has 0 amide bonds. The summed E-state index contributed by atoms with van der Waals surface area (Å²) in [5.41, 5.74) is 8.18. The van der Waals surface area contributed by atoms with Gasteiger partial charge in [0, 0.05) is 47.8 Å². The quantitative estimate of drug-likeness (QED) is 0.319. The van der Waals surface area contributed by atoms with Crippen LogP contribution in [0, 0.1) is 27.7 Å². The van der Waals surface area contributed by atoms with Gasteiger partial charge in [-0.2, -0.15) is 0 Å². The van der Waals surface area contributed by atoms with Crippen LogP contribution in [-0.2, 0) is 0 Å². The number of benzene rings is 1. The SMILES string of the molecule is [CH2]c1cc(C)c(-c2ccnc(C)c2)cc1N(c1ccnc(C)c1)c1nccc2ccncc12. The number of rotatable bonds is 4. The summed E-state index contributed by atoms with van der Waals surface area (Å²) in [6.07, 6.45) is 9.18. The van der Waals surface area contributed by atoms with Crippen molar-refractivity contribution in [2.24, 2.45) is 0 Å². The maximum Gasteiger partial charge on any atom is 0.147 e. The van der Waals surface area contributed by atoms with Crippen molar-refractivity contribution in [1.82, 2.24) is 19.9 Å². The molecule has 0 aliphatic rings. The lowest BCUT2D eigenvalue weighted by Gasteiger charge is -2.28. The molecule has 1 radical (unpaired) electrons. The topological polar surface area (TPSA) is 54.8 Å². The van der Waals surface area contributed by atoms with Crippen LogP contribution in [0.3, 0.4) is 0 Å². The van der Waals surface area contributed by atoms with Gasteiger partial charge < -0.3 is 0 Å². The molecule has 0 fully saturated rings. The Morgan fingerprint density at radius 3 is 2.27 bits per heavy atom. The van der Waals surface area contributed by atoms with Crippen molar-refractivity contribution in [3.8, 4) is 11.1 Å². The van der Waals surface area contributed by atoms with E-state index >= 15 is 0 Å². The molecule has 4 heterocycles. The van der Waals surface area contributed by atoms with Gasteiger partial charge in [-0.1, -0.05) is 6.07 Å². The number of pyridine rings is 4. The van der Waals surface area contributed by atoms with Gasteiger partial charge in [0.25, 0.3) is 0 Å². The van der Waals surface area contributed by atoms with Crippen LogP contribution < -0.4 is 4.90 Å². The third kappa shape index (κ3) is 3.94. The Labute approximate surface area is 193 Å². The monoisotopic (exact) mass is 430 g/mol. The molecule has 5 nitrogen and oxygen atoms in total. The standard InChI is InChI=1S/C28H24N5/c1-18-13-19(2)27(16-25(18)23-7-10-30-20(3)14-23)33(24-8-12-31-21(4)15-24)28-26-17-29-9-5-22(26)6-11-32-28/h5-17H,2H2,1,3-4H3. The molecule has 5 aromatic rings. The van der Waals surface area contributed by atoms with Crippen LogP contribution in [0.2, 0.25) is 0 Å². The molecule has 4 aromatic heterocycles. The smallest absolute Gasteiger partial charge is 0.147 e. The highest BCUT2D eigenvalue weighted by atomic mass is 15.2. The summed E-state index contributed by atoms with van der Waals surface area (Å²) in [5.74, 6) is 0.803. The number of aryl methyl sites for hydroxylation is 3. The van der Waals surface area contributed by atoms with Crippen LogP contribution in [-0.4, -0.2) is 19.9 Å². The zero-order valence-electron chi connectivity index (χ0n) is 18.9. The summed E-state index contributed by atoms with van der Waals surface area (Å²) < 4.78 is 0. The van der Waals surface area contributed by atoms with E-state index in [-0.39, 0.29) is 0 Å². The molecule has 33 heavy (non-hydrogen) atoms. The molecule has 1 aromatic carbocycles. The van der Waals surface area contributed by atoms with E-state index in [2.05, 4.69) is 58.0 Å². The Kier molecular flexibility index (Phi) is 5.31. The normalized spacial score (nSPS) is 11.0. The van der Waals surface area contributed by atoms with E-state index in [0.717, 1.165) is 61.6 Å². The number of aromatic nitrogens is 4. The first kappa shape index (κ1) is 20.8. The minimum absolute atomic E-state index is 0.803. The average molecular weight is 431 g/mol. The molecule has 0 bridgehead atoms. The number of hydrogen-bond donors (Lipinski definition) is 0. The van der Waals surface area contributed by atoms with E-state index in [0.29, 0.717) is 0 Å². The number of anilines is 3. The third-order valence-electron chi connectivity index (χ3n) is 5.77. The molecule has 0 unspecified atom stereocenters. The highest BCUT2D eigenvalue weighted by Crippen LogP contribution is 2.41. The van der Waals surface area contributed by atoms with Gasteiger partial charge in [0.2, 0.25) is 0 Å². The van der Waals surface area contributed by atoms with E-state index in [4.69, 9.17) is 4.98 Å². The second kappa shape index (κ2) is 8.43. The Hall–Kier alpha value is -4.12. The summed E-state index contributed by atoms with van der Waals surface area (Å²) in [6.45, 7) is 10.5. The minimum atomic E-state index is 0.803. The van der Waals surface area contributed by atoms with E-state index in [9.17, 15) is 0 Å². The van der Waals surface area contributed by atoms with Crippen molar-refractivity contribution in [2.75, 3.05) is 4.90 Å². The molecule has 0 spiro atoms. The first-order chi connectivity index (χ1) is 16.0. The fourth-order valence-corrected chi connectivity index (χ4v) is 4.21. The molecule has 0 aliphatic carbocycles. The molecule has 0 N–H and O–H groups in total. The van der Waals surface area contributed by atoms with Crippen LogP contribution in [0.25, 0.3) is 21.9 Å². The molecular weight excluding hydrogens is 406 g/mol. The van der Waals surface area contributed by atoms with E-state index in [1.807, 2.05) is 62.9 Å². The fourth-order valence-electron chi connectivity index (χ4n) is 4.21. The highest BCUT2D eigenvalue weighted by Gasteiger charge is 2.20. The Morgan fingerprint density at radius 2 is 1.48 bits per heavy atom. The molecule has 0 atom stereocenters. The molecule has 0 saturated carbocycles. The largest absolute Gasteiger partial charge is 0.294 e. The second-order valence-electron chi connectivity index (χ2n) is 8.20. The molecular formula is C28H24N5. The van der Waals surface area contributed by atoms with Gasteiger partial charge >= 0.3 is 0 Å². The van der Waals surface area contributed by atoms with Crippen molar-refractivity contribution in [3.63, 3.8) is 0 Å². The van der Waals surface area contributed by atoms with Crippen LogP contribution in [0.4, 0.5) is 17.2 Å². The summed E-state index contributed by atoms with van der Waals surface area (Å²) in [6, 6.07) is 16.5. The van der Waals surface area contributed by atoms with E-state index in [1.165, 1.54) is 0 Å². The van der Waals surface area contributed by atoms with E-state index < -0.39 is 0 Å². The lowest BCUT2D eigenvalue weighted by molar-refractivity contribution is 1.14. The van der Waals surface area contributed by atoms with Crippen molar-refractivity contribution in [3.05, 3.63) is 109 Å². The highest BCUT2D eigenvalue weighted by molar-refractivity contribution is 5.97. The third-order valence-corrected chi connectivity index (χ3v) is 5.77. The second-order valence-corrected chi connectivity index (χ2v) is 8.20. The van der Waals surface area contributed by atoms with Gasteiger partial charge in [-0.05, 0) is 97.8 Å². The number of fused-ring (bicyclic) bond motifs is 1. The predicted molar refractivity (Wildman–Crippen MR) is 134 cm³/mol. The van der Waals surface area contributed by atoms with Crippen molar-refractivity contribution in [2.45, 2.75) is 20.8 Å². The maximum absolute atomic E-state index is 4.80. The molecule has 5 rings (SSSR count). The zero-order chi connectivity index (χ0) is 22.9. The first-order valence-electron chi connectivity index (χ1n) is 10.8. The lowest BCUT2D eigenvalue weighted by atomic mass is 9.96. The summed E-state index contributed by atoms with van der Waals surface area (Å²) in [7, 11) is 0. The number of nitrogens with zero attached hydrogens (tertiary/aromatic N) is 5. The molecule has 0 aliphatic heterocycles. The molecule has 161 valence electrons. The van der Waals surface area contributed by atoms with Gasteiger partial charge in [0.05, 0.1) is 11.4 Å². The van der Waals surface area contributed by atoms with Crippen LogP contribution in [0.15, 0.2) is 79.5 Å². The van der Waals surface area contributed by atoms with Crippen LogP contribution in [0.5, 0.6) is 0 Å². The van der Waals surface area contributed by atoms with Crippen LogP contribution in [0.1, 0.15) is 22.5 Å². The number of hydrogen-bond acceptors (Lipinski definition) is 5. The predicted octanol–water partition coefficient (Wildman–Crippen LogP) is 6.66. The van der Waals surface area contributed by atoms with Crippen molar-refractivity contribution < 1.29 is 0 Å². The maximum atomic E-state index is 4.80. The first-order valence-corrected chi connectivity index (χ1v) is 10.8. The zero-order valence-corrected chi connectivity index (χ0v) is 18.9. The molecule has 5 heteroatoms. The van der Waals surface area contributed by atoms with Gasteiger partial charge in [-0.3, -0.25) is 19.9 Å². The van der Waals surface area contributed by atoms with Gasteiger partial charge in [-0.25, -0.2) is 4.98 Å². The average Bonchev–Trinajstić information content (AvgIpc) is 2.81. The van der Waals surface area contributed by atoms with Crippen molar-refractivity contribution >= 4 is 28.0 Å². The summed E-state index contributed by atoms with van der Waals surface area (Å²) >= 11 is 0. The minimum Gasteiger partial charge on any atom is -0.294 e. The summed E-state index contributed by atoms with van der Waals surface area (Å²) in [4.78, 5) is 20.1. The van der Waals surface area contributed by atoms with Gasteiger partial charge in [0.15, 0.2) is 0 Å². The fraction of sp³-hybridized carbons (Fsp3) is 0.107. The Balaban J connectivity index is 1.80. The Bertz CT molecular complexity index is 1470. The lowest BCUT2D eigenvalue weighted by Crippen LogP contribution is -2.14. The van der Waals surface area contributed by atoms with Gasteiger partial charge in [-0.15, -0.1) is 0 Å². The van der Waals surface area contributed by atoms with Crippen LogP contribution >= 0.6 is 0 Å². The van der Waals surface area contributed by atoms with Gasteiger partial charge in [0.1, 0.15) is 5.82 Å². The van der Waals surface area contributed by atoms with E-state index in [1.54, 1.807) is 6.20 Å². The Morgan fingerprint density at radius 1 is 0.758 bits per heavy atom. The molecule has 0 saturated heterocycles. The summed E-state index contributed by atoms with van der Waals surface area (Å²) in [5, 5.41) is 2.05.